The number of hydrogen-bond donors (Lipinski definition) is 3. The molecule has 0 aromatic rings. The van der Waals surface area contributed by atoms with E-state index in [1.54, 1.807) is 0 Å². The first kappa shape index (κ1) is 15.2. The van der Waals surface area contributed by atoms with Crippen LogP contribution >= 0.6 is 0 Å². The quantitative estimate of drug-likeness (QED) is 0.411. The number of methoxy groups -OCH3 is 1. The van der Waals surface area contributed by atoms with E-state index in [1.165, 1.54) is 14.0 Å². The lowest BCUT2D eigenvalue weighted by molar-refractivity contribution is -0.137. The summed E-state index contributed by atoms with van der Waals surface area (Å²) in [6.07, 6.45) is -0.950. The maximum atomic E-state index is 12.8. The predicted octanol–water partition coefficient (Wildman–Crippen LogP) is -1.65. The summed E-state index contributed by atoms with van der Waals surface area (Å²) in [5.41, 5.74) is 10.7. The van der Waals surface area contributed by atoms with Crippen LogP contribution in [0.4, 0.5) is 4.79 Å². The van der Waals surface area contributed by atoms with Crippen LogP contribution in [0.2, 0.25) is 0 Å². The third-order valence-corrected chi connectivity index (χ3v) is 5.47. The van der Waals surface area contributed by atoms with Crippen molar-refractivity contribution in [1.82, 2.24) is 10.2 Å². The van der Waals surface area contributed by atoms with Crippen LogP contribution < -0.4 is 16.8 Å². The van der Waals surface area contributed by atoms with Crippen molar-refractivity contribution in [2.24, 2.45) is 17.4 Å². The van der Waals surface area contributed by atoms with E-state index in [4.69, 9.17) is 20.9 Å². The van der Waals surface area contributed by atoms with E-state index in [2.05, 4.69) is 5.32 Å². The number of allylic oxidation sites excluding steroid dienone is 2. The molecule has 3 heterocycles. The zero-order valence-corrected chi connectivity index (χ0v) is 13.3. The topological polar surface area (TPSA) is 147 Å². The summed E-state index contributed by atoms with van der Waals surface area (Å²) >= 11 is 0. The number of primary amides is 1. The third-order valence-electron chi connectivity index (χ3n) is 5.47. The predicted molar refractivity (Wildman–Crippen MR) is 80.1 cm³/mol. The maximum absolute atomic E-state index is 12.8. The number of ketones is 2. The summed E-state index contributed by atoms with van der Waals surface area (Å²) in [6.45, 7) is 1.92. The van der Waals surface area contributed by atoms with E-state index in [9.17, 15) is 14.4 Å². The standard InChI is InChI=1S/C15H18N4O5/c1-5-9(16)12(21)8-6(4-24-14(17)22)15(23-2)13-7(18-13)3-19(15)10(8)11(5)20/h6-7,13,18H,3-4,16H2,1-2H3,(H2,17,22)/t6-,7-,13-,15-/m0/s1. The molecule has 1 amide bonds. The van der Waals surface area contributed by atoms with Crippen molar-refractivity contribution in [3.63, 3.8) is 0 Å². The van der Waals surface area contributed by atoms with Gasteiger partial charge in [0.1, 0.15) is 6.61 Å². The van der Waals surface area contributed by atoms with Crippen LogP contribution in [0.1, 0.15) is 6.92 Å². The molecule has 3 aliphatic heterocycles. The fourth-order valence-electron chi connectivity index (χ4n) is 4.31. The van der Waals surface area contributed by atoms with Gasteiger partial charge < -0.3 is 31.2 Å². The van der Waals surface area contributed by atoms with Gasteiger partial charge >= 0.3 is 6.09 Å². The van der Waals surface area contributed by atoms with Crippen LogP contribution in [0, 0.1) is 5.92 Å². The molecule has 24 heavy (non-hydrogen) atoms. The molecular weight excluding hydrogens is 316 g/mol. The largest absolute Gasteiger partial charge is 0.449 e. The van der Waals surface area contributed by atoms with Crippen molar-refractivity contribution in [1.29, 1.82) is 0 Å². The number of nitrogens with zero attached hydrogens (tertiary/aromatic N) is 1. The van der Waals surface area contributed by atoms with Crippen molar-refractivity contribution in [2.75, 3.05) is 20.3 Å². The summed E-state index contributed by atoms with van der Waals surface area (Å²) in [4.78, 5) is 38.4. The number of fused-ring (bicyclic) bond motifs is 4. The molecule has 4 rings (SSSR count). The van der Waals surface area contributed by atoms with Crippen molar-refractivity contribution in [3.05, 3.63) is 22.5 Å². The summed E-state index contributed by atoms with van der Waals surface area (Å²) in [7, 11) is 1.52. The number of piperazine rings is 1. The molecule has 1 aliphatic carbocycles. The minimum atomic E-state index is -0.957. The summed E-state index contributed by atoms with van der Waals surface area (Å²) in [5, 5.41) is 3.28. The molecule has 0 spiro atoms. The average molecular weight is 334 g/mol. The number of carbonyl (C=O) groups excluding carboxylic acids is 3. The van der Waals surface area contributed by atoms with E-state index in [0.717, 1.165) is 0 Å². The van der Waals surface area contributed by atoms with Gasteiger partial charge in [-0.2, -0.15) is 0 Å². The normalized spacial score (nSPS) is 36.8. The van der Waals surface area contributed by atoms with Gasteiger partial charge in [0.2, 0.25) is 11.6 Å². The van der Waals surface area contributed by atoms with Gasteiger partial charge in [-0.3, -0.25) is 9.59 Å². The van der Waals surface area contributed by atoms with Gasteiger partial charge in [-0.25, -0.2) is 4.79 Å². The van der Waals surface area contributed by atoms with Gasteiger partial charge in [0.05, 0.1) is 23.4 Å². The van der Waals surface area contributed by atoms with Crippen LogP contribution in [0.15, 0.2) is 22.5 Å². The number of nitrogens with one attached hydrogen (secondary N) is 1. The van der Waals surface area contributed by atoms with Gasteiger partial charge in [0, 0.05) is 30.8 Å². The molecule has 2 fully saturated rings. The molecule has 9 nitrogen and oxygen atoms in total. The fourth-order valence-corrected chi connectivity index (χ4v) is 4.31. The molecule has 4 aliphatic rings. The van der Waals surface area contributed by atoms with Crippen LogP contribution in [0.5, 0.6) is 0 Å². The van der Waals surface area contributed by atoms with Gasteiger partial charge in [-0.1, -0.05) is 0 Å². The highest BCUT2D eigenvalue weighted by Gasteiger charge is 2.72. The van der Waals surface area contributed by atoms with Crippen LogP contribution in [0.25, 0.3) is 0 Å². The Labute approximate surface area is 137 Å². The molecule has 0 aromatic carbocycles. The Hall–Kier alpha value is -2.39. The minimum absolute atomic E-state index is 0.0586. The van der Waals surface area contributed by atoms with E-state index < -0.39 is 23.5 Å². The van der Waals surface area contributed by atoms with Crippen LogP contribution in [-0.2, 0) is 19.1 Å². The second-order valence-corrected chi connectivity index (χ2v) is 6.46. The first-order chi connectivity index (χ1) is 11.3. The lowest BCUT2D eigenvalue weighted by atomic mass is 9.82. The highest BCUT2D eigenvalue weighted by molar-refractivity contribution is 6.25. The number of amides is 1. The van der Waals surface area contributed by atoms with Crippen molar-refractivity contribution in [2.45, 2.75) is 24.7 Å². The van der Waals surface area contributed by atoms with Crippen LogP contribution in [-0.4, -0.2) is 60.6 Å². The molecule has 0 unspecified atom stereocenters. The molecule has 9 heteroatoms. The summed E-state index contributed by atoms with van der Waals surface area (Å²) in [6, 6.07) is 0.109. The summed E-state index contributed by atoms with van der Waals surface area (Å²) in [5.74, 6) is -1.34. The molecule has 128 valence electrons. The molecule has 2 saturated heterocycles. The number of hydrogen-bond acceptors (Lipinski definition) is 8. The second kappa shape index (κ2) is 4.58. The Kier molecular flexibility index (Phi) is 2.89. The highest BCUT2D eigenvalue weighted by Crippen LogP contribution is 2.55. The number of rotatable bonds is 3. The molecule has 0 saturated carbocycles. The number of Topliss-reactive ketones (excluding diaryl/α,β-unsaturated/α-hetero) is 2. The molecule has 5 N–H and O–H groups in total. The number of carbonyl (C=O) groups is 3. The van der Waals surface area contributed by atoms with E-state index in [0.29, 0.717) is 12.2 Å². The van der Waals surface area contributed by atoms with Crippen LogP contribution in [0.3, 0.4) is 0 Å². The molecule has 0 bridgehead atoms. The smallest absolute Gasteiger partial charge is 0.404 e. The lowest BCUT2D eigenvalue weighted by Crippen LogP contribution is -2.55. The van der Waals surface area contributed by atoms with Crippen molar-refractivity contribution < 1.29 is 23.9 Å². The van der Waals surface area contributed by atoms with Gasteiger partial charge in [-0.15, -0.1) is 0 Å². The SMILES string of the molecule is CO[C@]12[C@@H](COC(N)=O)C3=C(C(=O)C(C)=C(N)C3=O)N1C[C@@H]1N[C@@H]12. The average Bonchev–Trinajstić information content (AvgIpc) is 3.16. The van der Waals surface area contributed by atoms with E-state index in [1.807, 2.05) is 4.90 Å². The Bertz CT molecular complexity index is 757. The zero-order valence-electron chi connectivity index (χ0n) is 13.3. The third kappa shape index (κ3) is 1.58. The molecule has 0 radical (unpaired) electrons. The Morgan fingerprint density at radius 3 is 2.75 bits per heavy atom. The Morgan fingerprint density at radius 2 is 2.12 bits per heavy atom. The van der Waals surface area contributed by atoms with Gasteiger partial charge in [-0.05, 0) is 6.92 Å². The zero-order chi connectivity index (χ0) is 17.4. The molecule has 4 atom stereocenters. The molecular formula is C15H18N4O5. The van der Waals surface area contributed by atoms with Gasteiger partial charge in [0.25, 0.3) is 0 Å². The van der Waals surface area contributed by atoms with Crippen molar-refractivity contribution in [3.8, 4) is 0 Å². The second-order valence-electron chi connectivity index (χ2n) is 6.46. The van der Waals surface area contributed by atoms with Crippen molar-refractivity contribution >= 4 is 17.7 Å². The maximum Gasteiger partial charge on any atom is 0.404 e. The fraction of sp³-hybridized carbons (Fsp3) is 0.533. The van der Waals surface area contributed by atoms with Gasteiger partial charge in [0.15, 0.2) is 5.72 Å². The first-order valence-corrected chi connectivity index (χ1v) is 7.65. The van der Waals surface area contributed by atoms with E-state index in [-0.39, 0.29) is 41.3 Å². The highest BCUT2D eigenvalue weighted by atomic mass is 16.6. The Morgan fingerprint density at radius 1 is 1.42 bits per heavy atom. The number of nitrogens with two attached hydrogens (primary N) is 2. The summed E-state index contributed by atoms with van der Waals surface area (Å²) < 4.78 is 10.8. The molecule has 0 aromatic heterocycles. The number of ether oxygens (including phenoxy) is 2. The first-order valence-electron chi connectivity index (χ1n) is 7.65. The van der Waals surface area contributed by atoms with E-state index >= 15 is 0 Å². The minimum Gasteiger partial charge on any atom is -0.449 e. The lowest BCUT2D eigenvalue weighted by Gasteiger charge is -2.39. The Balaban J connectivity index is 1.85. The monoisotopic (exact) mass is 334 g/mol.